The van der Waals surface area contributed by atoms with Crippen molar-refractivity contribution in [3.05, 3.63) is 34.3 Å². The molecule has 0 aromatic heterocycles. The average Bonchev–Trinajstić information content (AvgIpc) is 2.63. The van der Waals surface area contributed by atoms with E-state index in [0.717, 1.165) is 11.1 Å². The Morgan fingerprint density at radius 3 is 2.26 bits per heavy atom. The van der Waals surface area contributed by atoms with E-state index in [1.54, 1.807) is 0 Å². The molecule has 4 nitrogen and oxygen atoms in total. The van der Waals surface area contributed by atoms with Gasteiger partial charge in [-0.05, 0) is 57.9 Å². The fourth-order valence-corrected chi connectivity index (χ4v) is 2.96. The summed E-state index contributed by atoms with van der Waals surface area (Å²) in [7, 11) is 0.851. The second-order valence-corrected chi connectivity index (χ2v) is 7.51. The topological polar surface area (TPSA) is 44.8 Å². The third-order valence-electron chi connectivity index (χ3n) is 4.71. The molecule has 1 heterocycles. The summed E-state index contributed by atoms with van der Waals surface area (Å²) in [6, 6.07) is 5.74. The molecule has 126 valence electrons. The van der Waals surface area contributed by atoms with Crippen molar-refractivity contribution >= 4 is 24.7 Å². The largest absolute Gasteiger partial charge is 0.469 e. The minimum Gasteiger partial charge on any atom is -0.469 e. The maximum absolute atomic E-state index is 11.9. The molecule has 23 heavy (non-hydrogen) atoms. The summed E-state index contributed by atoms with van der Waals surface area (Å²) >= 11 is 6.19. The Morgan fingerprint density at radius 1 is 1.22 bits per heavy atom. The van der Waals surface area contributed by atoms with Crippen molar-refractivity contribution < 1.29 is 18.8 Å². The maximum Gasteiger partial charge on any atom is 0.466 e. The quantitative estimate of drug-likeness (QED) is 0.616. The number of ether oxygens (including phenoxy) is 1. The van der Waals surface area contributed by atoms with Crippen LogP contribution in [0.4, 0.5) is 0 Å². The molecule has 6 heteroatoms. The van der Waals surface area contributed by atoms with Crippen molar-refractivity contribution in [1.82, 2.24) is 0 Å². The number of halogens is 1. The lowest BCUT2D eigenvalue weighted by Gasteiger charge is -2.32. The first-order valence-electron chi connectivity index (χ1n) is 7.75. The maximum atomic E-state index is 11.9. The first-order chi connectivity index (χ1) is 10.6. The molecular weight excluding hydrogens is 314 g/mol. The van der Waals surface area contributed by atoms with E-state index in [0.29, 0.717) is 5.02 Å². The van der Waals surface area contributed by atoms with Crippen LogP contribution in [0, 0.1) is 6.92 Å². The molecule has 1 aliphatic rings. The number of methoxy groups -OCH3 is 1. The van der Waals surface area contributed by atoms with Gasteiger partial charge >= 0.3 is 13.1 Å². The Bertz CT molecular complexity index is 564. The van der Waals surface area contributed by atoms with Crippen LogP contribution in [0.2, 0.25) is 5.02 Å². The van der Waals surface area contributed by atoms with Gasteiger partial charge in [0.25, 0.3) is 0 Å². The van der Waals surface area contributed by atoms with Crippen LogP contribution in [0.3, 0.4) is 0 Å². The summed E-state index contributed by atoms with van der Waals surface area (Å²) in [5.74, 6) is -0.580. The van der Waals surface area contributed by atoms with Crippen molar-refractivity contribution in [2.45, 2.75) is 58.1 Å². The van der Waals surface area contributed by atoms with E-state index < -0.39 is 18.3 Å². The number of hydrogen-bond donors (Lipinski definition) is 0. The number of carbonyl (C=O) groups is 1. The SMILES string of the molecule is COC(=O)CC(B1OC(C)(C)C(C)(C)O1)c1cc(C)cc(Cl)c1. The molecule has 0 bridgehead atoms. The molecule has 1 aromatic rings. The Kier molecular flexibility index (Phi) is 5.14. The standard InChI is InChI=1S/C17H24BClO4/c1-11-7-12(9-13(19)8-11)14(10-15(20)21-6)18-22-16(2,3)17(4,5)23-18/h7-9,14H,10H2,1-6H3. The summed E-state index contributed by atoms with van der Waals surface area (Å²) in [6.07, 6.45) is 0.174. The van der Waals surface area contributed by atoms with E-state index in [9.17, 15) is 4.79 Å². The molecule has 0 N–H and O–H groups in total. The van der Waals surface area contributed by atoms with Crippen molar-refractivity contribution in [1.29, 1.82) is 0 Å². The molecule has 0 aliphatic carbocycles. The first kappa shape index (κ1) is 18.3. The highest BCUT2D eigenvalue weighted by molar-refractivity contribution is 6.48. The van der Waals surface area contributed by atoms with Crippen LogP contribution in [0.25, 0.3) is 0 Å². The van der Waals surface area contributed by atoms with Gasteiger partial charge in [0.15, 0.2) is 0 Å². The molecule has 0 saturated carbocycles. The molecule has 0 spiro atoms. The van der Waals surface area contributed by atoms with E-state index in [4.69, 9.17) is 25.6 Å². The van der Waals surface area contributed by atoms with Gasteiger partial charge in [-0.1, -0.05) is 17.7 Å². The van der Waals surface area contributed by atoms with E-state index >= 15 is 0 Å². The lowest BCUT2D eigenvalue weighted by atomic mass is 9.66. The number of rotatable bonds is 4. The van der Waals surface area contributed by atoms with Gasteiger partial charge in [0.05, 0.1) is 24.7 Å². The normalized spacial score (nSPS) is 20.4. The van der Waals surface area contributed by atoms with Crippen LogP contribution in [0.15, 0.2) is 18.2 Å². The monoisotopic (exact) mass is 338 g/mol. The van der Waals surface area contributed by atoms with Gasteiger partial charge in [-0.3, -0.25) is 4.79 Å². The van der Waals surface area contributed by atoms with Crippen LogP contribution in [-0.2, 0) is 18.8 Å². The third kappa shape index (κ3) is 3.90. The lowest BCUT2D eigenvalue weighted by molar-refractivity contribution is -0.140. The van der Waals surface area contributed by atoms with Crippen LogP contribution in [0.1, 0.15) is 51.1 Å². The van der Waals surface area contributed by atoms with Crippen molar-refractivity contribution in [3.63, 3.8) is 0 Å². The van der Waals surface area contributed by atoms with Gasteiger partial charge in [-0.2, -0.15) is 0 Å². The molecule has 1 fully saturated rings. The molecule has 1 aromatic carbocycles. The molecule has 1 saturated heterocycles. The zero-order valence-electron chi connectivity index (χ0n) is 14.6. The molecule has 1 aliphatic heterocycles. The zero-order chi connectivity index (χ0) is 17.4. The van der Waals surface area contributed by atoms with Crippen LogP contribution in [0.5, 0.6) is 0 Å². The highest BCUT2D eigenvalue weighted by Gasteiger charge is 2.54. The van der Waals surface area contributed by atoms with E-state index in [-0.39, 0.29) is 18.2 Å². The Hall–Kier alpha value is -1.04. The molecule has 1 unspecified atom stereocenters. The van der Waals surface area contributed by atoms with E-state index in [1.807, 2.05) is 52.8 Å². The fraction of sp³-hybridized carbons (Fsp3) is 0.588. The number of benzene rings is 1. The van der Waals surface area contributed by atoms with Crippen molar-refractivity contribution in [2.75, 3.05) is 7.11 Å². The highest BCUT2D eigenvalue weighted by atomic mass is 35.5. The third-order valence-corrected chi connectivity index (χ3v) is 4.93. The second-order valence-electron chi connectivity index (χ2n) is 7.07. The summed E-state index contributed by atoms with van der Waals surface area (Å²) in [5.41, 5.74) is 1.03. The lowest BCUT2D eigenvalue weighted by Crippen LogP contribution is -2.41. The Morgan fingerprint density at radius 2 is 1.78 bits per heavy atom. The smallest absolute Gasteiger partial charge is 0.466 e. The summed E-state index contributed by atoms with van der Waals surface area (Å²) in [5, 5.41) is 0.631. The van der Waals surface area contributed by atoms with Gasteiger partial charge in [-0.25, -0.2) is 0 Å². The molecule has 2 rings (SSSR count). The number of carbonyl (C=O) groups excluding carboxylic acids is 1. The number of esters is 1. The number of hydrogen-bond acceptors (Lipinski definition) is 4. The highest BCUT2D eigenvalue weighted by Crippen LogP contribution is 2.42. The van der Waals surface area contributed by atoms with Gasteiger partial charge in [0.1, 0.15) is 0 Å². The number of aryl methyl sites for hydroxylation is 1. The summed E-state index contributed by atoms with van der Waals surface area (Å²) in [4.78, 5) is 11.9. The summed E-state index contributed by atoms with van der Waals surface area (Å²) < 4.78 is 17.1. The minimum absolute atomic E-state index is 0.174. The van der Waals surface area contributed by atoms with Crippen LogP contribution in [-0.4, -0.2) is 31.4 Å². The zero-order valence-corrected chi connectivity index (χ0v) is 15.4. The molecule has 1 atom stereocenters. The Balaban J connectivity index is 2.37. The van der Waals surface area contributed by atoms with Gasteiger partial charge in [0.2, 0.25) is 0 Å². The average molecular weight is 339 g/mol. The first-order valence-corrected chi connectivity index (χ1v) is 8.13. The predicted molar refractivity (Wildman–Crippen MR) is 91.6 cm³/mol. The minimum atomic E-state index is -0.531. The fourth-order valence-electron chi connectivity index (χ4n) is 2.67. The van der Waals surface area contributed by atoms with Gasteiger partial charge in [-0.15, -0.1) is 0 Å². The molecular formula is C17H24BClO4. The molecule has 0 amide bonds. The van der Waals surface area contributed by atoms with Crippen LogP contribution >= 0.6 is 11.6 Å². The second kappa shape index (κ2) is 6.46. The van der Waals surface area contributed by atoms with Crippen molar-refractivity contribution in [2.24, 2.45) is 0 Å². The summed E-state index contributed by atoms with van der Waals surface area (Å²) in [6.45, 7) is 9.93. The van der Waals surface area contributed by atoms with Crippen molar-refractivity contribution in [3.8, 4) is 0 Å². The predicted octanol–water partition coefficient (Wildman–Crippen LogP) is 3.93. The van der Waals surface area contributed by atoms with Gasteiger partial charge in [0, 0.05) is 10.8 Å². The molecule has 0 radical (unpaired) electrons. The van der Waals surface area contributed by atoms with Gasteiger partial charge < -0.3 is 14.0 Å². The Labute approximate surface area is 143 Å². The van der Waals surface area contributed by atoms with E-state index in [2.05, 4.69) is 0 Å². The van der Waals surface area contributed by atoms with Crippen LogP contribution < -0.4 is 0 Å². The van der Waals surface area contributed by atoms with E-state index in [1.165, 1.54) is 7.11 Å².